The zero-order valence-corrected chi connectivity index (χ0v) is 12.5. The third-order valence-electron chi connectivity index (χ3n) is 2.39. The third-order valence-corrected chi connectivity index (χ3v) is 4.68. The Morgan fingerprint density at radius 1 is 1.50 bits per heavy atom. The van der Waals surface area contributed by atoms with Crippen molar-refractivity contribution in [2.45, 2.75) is 45.4 Å². The standard InChI is InChI=1S/C12H24N2S2/c1-5-15-8-10(4)14-12-13-7-11(16-12)6-9(2)3/h9-11H,5-8H2,1-4H3,(H,13,14). The highest BCUT2D eigenvalue weighted by molar-refractivity contribution is 8.14. The molecule has 0 saturated carbocycles. The Labute approximate surface area is 108 Å². The minimum Gasteiger partial charge on any atom is -0.362 e. The van der Waals surface area contributed by atoms with Gasteiger partial charge in [-0.3, -0.25) is 4.99 Å². The first-order valence-corrected chi connectivity index (χ1v) is 8.20. The second kappa shape index (κ2) is 7.49. The average molecular weight is 260 g/mol. The zero-order valence-electron chi connectivity index (χ0n) is 10.8. The lowest BCUT2D eigenvalue weighted by atomic mass is 10.1. The molecule has 1 aliphatic heterocycles. The summed E-state index contributed by atoms with van der Waals surface area (Å²) in [6, 6.07) is 0.536. The second-order valence-corrected chi connectivity index (χ2v) is 7.33. The van der Waals surface area contributed by atoms with E-state index in [-0.39, 0.29) is 0 Å². The van der Waals surface area contributed by atoms with E-state index < -0.39 is 0 Å². The lowest BCUT2D eigenvalue weighted by Gasteiger charge is -2.15. The van der Waals surface area contributed by atoms with Gasteiger partial charge in [0.05, 0.1) is 6.54 Å². The van der Waals surface area contributed by atoms with Crippen molar-refractivity contribution in [1.29, 1.82) is 0 Å². The quantitative estimate of drug-likeness (QED) is 0.793. The Bertz CT molecular complexity index is 229. The summed E-state index contributed by atoms with van der Waals surface area (Å²) in [7, 11) is 0. The summed E-state index contributed by atoms with van der Waals surface area (Å²) in [4.78, 5) is 4.58. The summed E-state index contributed by atoms with van der Waals surface area (Å²) in [5, 5.41) is 5.37. The molecule has 0 amide bonds. The zero-order chi connectivity index (χ0) is 12.0. The molecule has 0 aromatic heterocycles. The molecule has 94 valence electrons. The first-order chi connectivity index (χ1) is 7.61. The van der Waals surface area contributed by atoms with Gasteiger partial charge in [-0.1, -0.05) is 32.5 Å². The number of nitrogens with zero attached hydrogens (tertiary/aromatic N) is 1. The van der Waals surface area contributed by atoms with E-state index in [2.05, 4.69) is 38.0 Å². The fourth-order valence-corrected chi connectivity index (χ4v) is 3.73. The predicted octanol–water partition coefficient (Wildman–Crippen LogP) is 3.24. The molecule has 2 atom stereocenters. The third kappa shape index (κ3) is 5.48. The molecular weight excluding hydrogens is 236 g/mol. The van der Waals surface area contributed by atoms with Crippen LogP contribution in [0, 0.1) is 5.92 Å². The lowest BCUT2D eigenvalue weighted by molar-refractivity contribution is 0.575. The van der Waals surface area contributed by atoms with Gasteiger partial charge in [-0.15, -0.1) is 0 Å². The molecule has 0 radical (unpaired) electrons. The minimum absolute atomic E-state index is 0.536. The van der Waals surface area contributed by atoms with E-state index in [1.165, 1.54) is 17.9 Å². The van der Waals surface area contributed by atoms with E-state index in [0.717, 1.165) is 17.6 Å². The molecule has 0 bridgehead atoms. The summed E-state index contributed by atoms with van der Waals surface area (Å²) < 4.78 is 0. The summed E-state index contributed by atoms with van der Waals surface area (Å²) in [6.45, 7) is 10.0. The Kier molecular flexibility index (Phi) is 6.66. The Balaban J connectivity index is 2.20. The maximum atomic E-state index is 4.58. The molecule has 0 spiro atoms. The molecule has 1 rings (SSSR count). The number of nitrogens with one attached hydrogen (secondary N) is 1. The van der Waals surface area contributed by atoms with E-state index in [0.29, 0.717) is 11.3 Å². The van der Waals surface area contributed by atoms with Gasteiger partial charge in [0.15, 0.2) is 5.17 Å². The molecule has 0 fully saturated rings. The Morgan fingerprint density at radius 2 is 2.25 bits per heavy atom. The molecule has 2 unspecified atom stereocenters. The summed E-state index contributed by atoms with van der Waals surface area (Å²) in [5.41, 5.74) is 0. The first-order valence-electron chi connectivity index (χ1n) is 6.17. The van der Waals surface area contributed by atoms with Crippen molar-refractivity contribution in [1.82, 2.24) is 5.32 Å². The number of amidine groups is 1. The monoisotopic (exact) mass is 260 g/mol. The highest BCUT2D eigenvalue weighted by atomic mass is 32.2. The maximum Gasteiger partial charge on any atom is 0.157 e. The molecule has 0 aromatic carbocycles. The largest absolute Gasteiger partial charge is 0.362 e. The fourth-order valence-electron chi connectivity index (χ4n) is 1.69. The molecule has 2 nitrogen and oxygen atoms in total. The number of hydrogen-bond donors (Lipinski definition) is 1. The van der Waals surface area contributed by atoms with Crippen LogP contribution in [0.25, 0.3) is 0 Å². The maximum absolute atomic E-state index is 4.58. The van der Waals surface area contributed by atoms with Gasteiger partial charge in [-0.05, 0) is 25.0 Å². The van der Waals surface area contributed by atoms with Crippen LogP contribution in [0.15, 0.2) is 4.99 Å². The topological polar surface area (TPSA) is 24.4 Å². The Morgan fingerprint density at radius 3 is 2.88 bits per heavy atom. The molecule has 4 heteroatoms. The highest BCUT2D eigenvalue weighted by Gasteiger charge is 2.21. The summed E-state index contributed by atoms with van der Waals surface area (Å²) >= 11 is 3.91. The van der Waals surface area contributed by atoms with Gasteiger partial charge in [0, 0.05) is 17.0 Å². The fraction of sp³-hybridized carbons (Fsp3) is 0.917. The van der Waals surface area contributed by atoms with E-state index in [1.807, 2.05) is 23.5 Å². The number of hydrogen-bond acceptors (Lipinski definition) is 4. The molecule has 0 aromatic rings. The SMILES string of the molecule is CCSCC(C)NC1=NCC(CC(C)C)S1. The van der Waals surface area contributed by atoms with Crippen LogP contribution in [0.1, 0.15) is 34.1 Å². The van der Waals surface area contributed by atoms with E-state index in [1.54, 1.807) is 0 Å². The van der Waals surface area contributed by atoms with Crippen molar-refractivity contribution in [3.05, 3.63) is 0 Å². The van der Waals surface area contributed by atoms with Crippen molar-refractivity contribution >= 4 is 28.7 Å². The lowest BCUT2D eigenvalue weighted by Crippen LogP contribution is -2.32. The minimum atomic E-state index is 0.536. The van der Waals surface area contributed by atoms with Gasteiger partial charge in [-0.2, -0.15) is 11.8 Å². The smallest absolute Gasteiger partial charge is 0.157 e. The van der Waals surface area contributed by atoms with Crippen molar-refractivity contribution in [3.8, 4) is 0 Å². The second-order valence-electron chi connectivity index (χ2n) is 4.72. The van der Waals surface area contributed by atoms with Crippen LogP contribution in [0.5, 0.6) is 0 Å². The Hall–Kier alpha value is 0.170. The van der Waals surface area contributed by atoms with Crippen LogP contribution in [0.3, 0.4) is 0 Å². The number of aliphatic imine (C=N–C) groups is 1. The van der Waals surface area contributed by atoms with Crippen LogP contribution >= 0.6 is 23.5 Å². The van der Waals surface area contributed by atoms with Crippen LogP contribution in [-0.2, 0) is 0 Å². The van der Waals surface area contributed by atoms with Crippen LogP contribution in [-0.4, -0.2) is 34.5 Å². The number of rotatable bonds is 6. The van der Waals surface area contributed by atoms with E-state index >= 15 is 0 Å². The predicted molar refractivity (Wildman–Crippen MR) is 78.7 cm³/mol. The highest BCUT2D eigenvalue weighted by Crippen LogP contribution is 2.25. The molecule has 16 heavy (non-hydrogen) atoms. The van der Waals surface area contributed by atoms with Crippen molar-refractivity contribution < 1.29 is 0 Å². The van der Waals surface area contributed by atoms with Gasteiger partial charge in [0.1, 0.15) is 0 Å². The first kappa shape index (κ1) is 14.2. The van der Waals surface area contributed by atoms with E-state index in [4.69, 9.17) is 0 Å². The van der Waals surface area contributed by atoms with Crippen molar-refractivity contribution in [2.24, 2.45) is 10.9 Å². The van der Waals surface area contributed by atoms with Gasteiger partial charge in [0.25, 0.3) is 0 Å². The van der Waals surface area contributed by atoms with Crippen molar-refractivity contribution in [3.63, 3.8) is 0 Å². The van der Waals surface area contributed by atoms with Gasteiger partial charge >= 0.3 is 0 Å². The summed E-state index contributed by atoms with van der Waals surface area (Å²) in [5.74, 6) is 3.15. The van der Waals surface area contributed by atoms with Crippen LogP contribution < -0.4 is 5.32 Å². The summed E-state index contributed by atoms with van der Waals surface area (Å²) in [6.07, 6.45) is 1.28. The van der Waals surface area contributed by atoms with E-state index in [9.17, 15) is 0 Å². The average Bonchev–Trinajstić information content (AvgIpc) is 2.61. The van der Waals surface area contributed by atoms with Gasteiger partial charge in [0.2, 0.25) is 0 Å². The van der Waals surface area contributed by atoms with Gasteiger partial charge < -0.3 is 5.32 Å². The van der Waals surface area contributed by atoms with Crippen LogP contribution in [0.2, 0.25) is 0 Å². The van der Waals surface area contributed by atoms with Crippen molar-refractivity contribution in [2.75, 3.05) is 18.1 Å². The number of thioether (sulfide) groups is 2. The normalized spacial score (nSPS) is 22.3. The molecule has 1 aliphatic rings. The van der Waals surface area contributed by atoms with Crippen LogP contribution in [0.4, 0.5) is 0 Å². The molecule has 0 saturated heterocycles. The molecular formula is C12H24N2S2. The molecule has 1 heterocycles. The van der Waals surface area contributed by atoms with Gasteiger partial charge in [-0.25, -0.2) is 0 Å². The molecule has 1 N–H and O–H groups in total. The molecule has 0 aliphatic carbocycles.